The van der Waals surface area contributed by atoms with Gasteiger partial charge in [-0.1, -0.05) is 29.8 Å². The lowest BCUT2D eigenvalue weighted by molar-refractivity contribution is 0.491. The van der Waals surface area contributed by atoms with Crippen molar-refractivity contribution in [1.29, 1.82) is 0 Å². The molecule has 0 bridgehead atoms. The van der Waals surface area contributed by atoms with Crippen LogP contribution in [0.5, 0.6) is 0 Å². The maximum Gasteiger partial charge on any atom is 0.0644 e. The number of benzene rings is 1. The van der Waals surface area contributed by atoms with Crippen LogP contribution in [0.4, 0.5) is 0 Å². The first kappa shape index (κ1) is 15.1. The van der Waals surface area contributed by atoms with Crippen molar-refractivity contribution in [2.75, 3.05) is 0 Å². The maximum atomic E-state index is 6.26. The van der Waals surface area contributed by atoms with Gasteiger partial charge < -0.3 is 5.32 Å². The number of nitrogens with one attached hydrogen (secondary N) is 1. The Morgan fingerprint density at radius 1 is 1.15 bits per heavy atom. The molecule has 0 fully saturated rings. The predicted molar refractivity (Wildman–Crippen MR) is 84.1 cm³/mol. The summed E-state index contributed by atoms with van der Waals surface area (Å²) in [6, 6.07) is 8.39. The first-order valence-corrected chi connectivity index (χ1v) is 7.30. The standard InChI is InChI=1S/C16H22ClN3/c1-10(14-8-6-7-9-15(14)17)18-11(2)16-12(3)19-20(5)13(16)4/h6-11,18H,1-5H3. The van der Waals surface area contributed by atoms with Crippen molar-refractivity contribution >= 4 is 11.6 Å². The topological polar surface area (TPSA) is 29.9 Å². The largest absolute Gasteiger partial charge is 0.303 e. The number of nitrogens with zero attached hydrogens (tertiary/aromatic N) is 2. The van der Waals surface area contributed by atoms with Gasteiger partial charge in [0.1, 0.15) is 0 Å². The Morgan fingerprint density at radius 2 is 1.80 bits per heavy atom. The highest BCUT2D eigenvalue weighted by Crippen LogP contribution is 2.27. The molecule has 0 amide bonds. The van der Waals surface area contributed by atoms with Gasteiger partial charge in [-0.2, -0.15) is 5.10 Å². The average Bonchev–Trinajstić information content (AvgIpc) is 2.63. The first-order valence-electron chi connectivity index (χ1n) is 6.92. The van der Waals surface area contributed by atoms with Crippen molar-refractivity contribution in [2.45, 2.75) is 39.8 Å². The lowest BCUT2D eigenvalue weighted by atomic mass is 10.0. The lowest BCUT2D eigenvalue weighted by Crippen LogP contribution is -2.23. The second kappa shape index (κ2) is 5.98. The summed E-state index contributed by atoms with van der Waals surface area (Å²) in [4.78, 5) is 0. The minimum Gasteiger partial charge on any atom is -0.303 e. The van der Waals surface area contributed by atoms with Crippen molar-refractivity contribution in [3.63, 3.8) is 0 Å². The second-order valence-corrected chi connectivity index (χ2v) is 5.75. The third kappa shape index (κ3) is 2.89. The van der Waals surface area contributed by atoms with E-state index in [1.54, 1.807) is 0 Å². The van der Waals surface area contributed by atoms with Crippen molar-refractivity contribution in [3.8, 4) is 0 Å². The molecule has 1 aromatic carbocycles. The number of aryl methyl sites for hydroxylation is 2. The summed E-state index contributed by atoms with van der Waals surface area (Å²) in [5.41, 5.74) is 4.68. The van der Waals surface area contributed by atoms with Gasteiger partial charge in [-0.15, -0.1) is 0 Å². The normalized spacial score (nSPS) is 14.3. The molecule has 2 rings (SSSR count). The molecule has 20 heavy (non-hydrogen) atoms. The van der Waals surface area contributed by atoms with Crippen molar-refractivity contribution < 1.29 is 0 Å². The Morgan fingerprint density at radius 3 is 2.35 bits per heavy atom. The van der Waals surface area contributed by atoms with Gasteiger partial charge in [0.2, 0.25) is 0 Å². The number of aromatic nitrogens is 2. The molecule has 1 heterocycles. The fraction of sp³-hybridized carbons (Fsp3) is 0.438. The zero-order chi connectivity index (χ0) is 14.9. The molecule has 0 saturated carbocycles. The Kier molecular flexibility index (Phi) is 4.51. The van der Waals surface area contributed by atoms with E-state index in [9.17, 15) is 0 Å². The average molecular weight is 292 g/mol. The van der Waals surface area contributed by atoms with Gasteiger partial charge in [-0.25, -0.2) is 0 Å². The molecule has 1 N–H and O–H groups in total. The summed E-state index contributed by atoms with van der Waals surface area (Å²) in [6.45, 7) is 8.47. The molecule has 2 atom stereocenters. The fourth-order valence-corrected chi connectivity index (χ4v) is 3.09. The minimum absolute atomic E-state index is 0.192. The van der Waals surface area contributed by atoms with Crippen LogP contribution in [0.25, 0.3) is 0 Å². The van der Waals surface area contributed by atoms with E-state index in [2.05, 4.69) is 44.2 Å². The monoisotopic (exact) mass is 291 g/mol. The number of halogens is 1. The third-order valence-electron chi connectivity index (χ3n) is 3.87. The molecule has 2 aromatic rings. The van der Waals surface area contributed by atoms with Crippen LogP contribution in [0.1, 0.15) is 48.4 Å². The maximum absolute atomic E-state index is 6.26. The van der Waals surface area contributed by atoms with Crippen LogP contribution < -0.4 is 5.32 Å². The molecule has 0 aliphatic heterocycles. The molecular formula is C16H22ClN3. The molecule has 0 saturated heterocycles. The van der Waals surface area contributed by atoms with E-state index in [1.165, 1.54) is 11.3 Å². The molecule has 0 aliphatic carbocycles. The predicted octanol–water partition coefficient (Wildman–Crippen LogP) is 4.10. The Hall–Kier alpha value is -1.32. The number of hydrogen-bond donors (Lipinski definition) is 1. The van der Waals surface area contributed by atoms with E-state index in [0.717, 1.165) is 16.3 Å². The van der Waals surface area contributed by atoms with Crippen LogP contribution in [0.2, 0.25) is 5.02 Å². The molecular weight excluding hydrogens is 270 g/mol. The highest BCUT2D eigenvalue weighted by molar-refractivity contribution is 6.31. The Labute approximate surface area is 126 Å². The Balaban J connectivity index is 2.19. The number of rotatable bonds is 4. The fourth-order valence-electron chi connectivity index (χ4n) is 2.79. The van der Waals surface area contributed by atoms with Gasteiger partial charge in [0.05, 0.1) is 5.69 Å². The van der Waals surface area contributed by atoms with Gasteiger partial charge in [0.15, 0.2) is 0 Å². The van der Waals surface area contributed by atoms with E-state index in [4.69, 9.17) is 11.6 Å². The van der Waals surface area contributed by atoms with E-state index in [1.807, 2.05) is 29.9 Å². The van der Waals surface area contributed by atoms with Crippen LogP contribution in [-0.4, -0.2) is 9.78 Å². The molecule has 0 radical (unpaired) electrons. The molecule has 0 spiro atoms. The molecule has 4 heteroatoms. The van der Waals surface area contributed by atoms with Crippen LogP contribution in [0.15, 0.2) is 24.3 Å². The zero-order valence-corrected chi connectivity index (χ0v) is 13.5. The summed E-state index contributed by atoms with van der Waals surface area (Å²) in [5, 5.41) is 8.90. The summed E-state index contributed by atoms with van der Waals surface area (Å²) < 4.78 is 1.93. The summed E-state index contributed by atoms with van der Waals surface area (Å²) in [5.74, 6) is 0. The van der Waals surface area contributed by atoms with E-state index in [0.29, 0.717) is 0 Å². The first-order chi connectivity index (χ1) is 9.41. The molecule has 108 valence electrons. The number of hydrogen-bond acceptors (Lipinski definition) is 2. The Bertz CT molecular complexity index is 604. The van der Waals surface area contributed by atoms with Crippen LogP contribution in [0, 0.1) is 13.8 Å². The van der Waals surface area contributed by atoms with Crippen molar-refractivity contribution in [2.24, 2.45) is 7.05 Å². The van der Waals surface area contributed by atoms with Crippen molar-refractivity contribution in [1.82, 2.24) is 15.1 Å². The van der Waals surface area contributed by atoms with Gasteiger partial charge in [-0.3, -0.25) is 4.68 Å². The zero-order valence-electron chi connectivity index (χ0n) is 12.7. The quantitative estimate of drug-likeness (QED) is 0.919. The molecule has 0 aliphatic rings. The summed E-state index contributed by atoms with van der Waals surface area (Å²) in [6.07, 6.45) is 0. The summed E-state index contributed by atoms with van der Waals surface area (Å²) in [7, 11) is 1.98. The van der Waals surface area contributed by atoms with Crippen LogP contribution in [0.3, 0.4) is 0 Å². The van der Waals surface area contributed by atoms with Gasteiger partial charge in [0.25, 0.3) is 0 Å². The highest BCUT2D eigenvalue weighted by Gasteiger charge is 2.19. The van der Waals surface area contributed by atoms with Gasteiger partial charge >= 0.3 is 0 Å². The third-order valence-corrected chi connectivity index (χ3v) is 4.21. The van der Waals surface area contributed by atoms with Crippen LogP contribution in [-0.2, 0) is 7.05 Å². The van der Waals surface area contributed by atoms with Gasteiger partial charge in [0, 0.05) is 35.4 Å². The summed E-state index contributed by atoms with van der Waals surface area (Å²) >= 11 is 6.26. The minimum atomic E-state index is 0.192. The molecule has 2 unspecified atom stereocenters. The van der Waals surface area contributed by atoms with Gasteiger partial charge in [-0.05, 0) is 39.3 Å². The van der Waals surface area contributed by atoms with Crippen LogP contribution >= 0.6 is 11.6 Å². The van der Waals surface area contributed by atoms with Crippen molar-refractivity contribution in [3.05, 3.63) is 51.8 Å². The highest BCUT2D eigenvalue weighted by atomic mass is 35.5. The van der Waals surface area contributed by atoms with E-state index in [-0.39, 0.29) is 12.1 Å². The van der Waals surface area contributed by atoms with E-state index >= 15 is 0 Å². The van der Waals surface area contributed by atoms with E-state index < -0.39 is 0 Å². The second-order valence-electron chi connectivity index (χ2n) is 5.34. The molecule has 3 nitrogen and oxygen atoms in total. The smallest absolute Gasteiger partial charge is 0.0644 e. The SMILES string of the molecule is Cc1nn(C)c(C)c1C(C)NC(C)c1ccccc1Cl. The lowest BCUT2D eigenvalue weighted by Gasteiger charge is -2.22. The molecule has 1 aromatic heterocycles.